The van der Waals surface area contributed by atoms with Gasteiger partial charge in [0.25, 0.3) is 0 Å². The molecule has 2 rings (SSSR count). The first-order chi connectivity index (χ1) is 8.26. The van der Waals surface area contributed by atoms with Crippen molar-refractivity contribution in [3.63, 3.8) is 0 Å². The van der Waals surface area contributed by atoms with Gasteiger partial charge < -0.3 is 10.6 Å². The molecule has 0 radical (unpaired) electrons. The molecule has 0 aromatic carbocycles. The molecule has 0 saturated heterocycles. The second kappa shape index (κ2) is 4.96. The van der Waals surface area contributed by atoms with Gasteiger partial charge in [0.1, 0.15) is 5.82 Å². The van der Waals surface area contributed by atoms with Gasteiger partial charge in [0.05, 0.1) is 0 Å². The van der Waals surface area contributed by atoms with Crippen molar-refractivity contribution >= 4 is 11.5 Å². The van der Waals surface area contributed by atoms with Crippen LogP contribution in [0.15, 0.2) is 16.9 Å². The van der Waals surface area contributed by atoms with Gasteiger partial charge in [-0.05, 0) is 32.0 Å². The highest BCUT2D eigenvalue weighted by molar-refractivity contribution is 5.44. The number of nitrogens with two attached hydrogens (primary N) is 1. The maximum absolute atomic E-state index is 11.4. The number of H-pyrrole nitrogens is 1. The van der Waals surface area contributed by atoms with E-state index in [-0.39, 0.29) is 5.69 Å². The smallest absolute Gasteiger partial charge is 0.355 e. The number of fused-ring (bicyclic) bond motifs is 1. The maximum atomic E-state index is 11.4. The van der Waals surface area contributed by atoms with Gasteiger partial charge in [-0.1, -0.05) is 0 Å². The van der Waals surface area contributed by atoms with Gasteiger partial charge in [0, 0.05) is 13.1 Å². The molecule has 0 saturated carbocycles. The molecule has 0 aliphatic heterocycles. The number of aromatic nitrogens is 4. The van der Waals surface area contributed by atoms with Crippen molar-refractivity contribution in [2.45, 2.75) is 13.3 Å². The summed E-state index contributed by atoms with van der Waals surface area (Å²) in [7, 11) is 0. The molecule has 0 unspecified atom stereocenters. The molecule has 7 heteroatoms. The Hall–Kier alpha value is -1.89. The zero-order valence-corrected chi connectivity index (χ0v) is 9.76. The third-order valence-electron chi connectivity index (χ3n) is 2.60. The Balaban J connectivity index is 2.33. The van der Waals surface area contributed by atoms with Crippen LogP contribution in [0.3, 0.4) is 0 Å². The Bertz CT molecular complexity index is 545. The van der Waals surface area contributed by atoms with E-state index in [1.54, 1.807) is 6.07 Å². The molecule has 2 aromatic heterocycles. The van der Waals surface area contributed by atoms with Crippen LogP contribution in [0.2, 0.25) is 0 Å². The normalized spacial score (nSPS) is 10.9. The Morgan fingerprint density at radius 2 is 2.35 bits per heavy atom. The standard InChI is InChI=1S/C10H16N6O/c1-2-15(7-3-6-11)9-5-4-8-12-13-10(17)16(8)14-9/h4-5H,2-3,6-7,11H2,1H3,(H,13,17). The second-order valence-corrected chi connectivity index (χ2v) is 3.71. The summed E-state index contributed by atoms with van der Waals surface area (Å²) in [6.45, 7) is 4.34. The molecule has 3 N–H and O–H groups in total. The van der Waals surface area contributed by atoms with E-state index in [0.29, 0.717) is 12.2 Å². The van der Waals surface area contributed by atoms with Crippen LogP contribution in [0.25, 0.3) is 5.65 Å². The van der Waals surface area contributed by atoms with Gasteiger partial charge >= 0.3 is 5.69 Å². The molecular weight excluding hydrogens is 220 g/mol. The minimum atomic E-state index is -0.322. The van der Waals surface area contributed by atoms with Crippen LogP contribution >= 0.6 is 0 Å². The molecule has 2 aromatic rings. The van der Waals surface area contributed by atoms with Crippen molar-refractivity contribution in [1.29, 1.82) is 0 Å². The molecule has 2 heterocycles. The lowest BCUT2D eigenvalue weighted by Crippen LogP contribution is -2.28. The first kappa shape index (κ1) is 11.6. The van der Waals surface area contributed by atoms with Gasteiger partial charge in [0.15, 0.2) is 5.65 Å². The number of anilines is 1. The molecule has 7 nitrogen and oxygen atoms in total. The maximum Gasteiger partial charge on any atom is 0.364 e. The average Bonchev–Trinajstić information content (AvgIpc) is 2.72. The van der Waals surface area contributed by atoms with Crippen molar-refractivity contribution in [2.24, 2.45) is 5.73 Å². The Morgan fingerprint density at radius 3 is 3.06 bits per heavy atom. The minimum Gasteiger partial charge on any atom is -0.355 e. The van der Waals surface area contributed by atoms with Gasteiger partial charge in [-0.2, -0.15) is 9.61 Å². The lowest BCUT2D eigenvalue weighted by atomic mass is 10.3. The highest BCUT2D eigenvalue weighted by Gasteiger charge is 2.08. The molecule has 92 valence electrons. The number of aromatic amines is 1. The summed E-state index contributed by atoms with van der Waals surface area (Å²) in [5.41, 5.74) is 5.69. The van der Waals surface area contributed by atoms with Crippen molar-refractivity contribution in [2.75, 3.05) is 24.5 Å². The summed E-state index contributed by atoms with van der Waals surface area (Å²) in [6, 6.07) is 3.63. The third-order valence-corrected chi connectivity index (χ3v) is 2.60. The van der Waals surface area contributed by atoms with Gasteiger partial charge in [-0.3, -0.25) is 0 Å². The zero-order chi connectivity index (χ0) is 12.3. The Kier molecular flexibility index (Phi) is 3.38. The van der Waals surface area contributed by atoms with Crippen molar-refractivity contribution in [3.05, 3.63) is 22.6 Å². The Labute approximate surface area is 98.2 Å². The molecule has 0 aliphatic carbocycles. The average molecular weight is 236 g/mol. The topological polar surface area (TPSA) is 92.3 Å². The number of hydrogen-bond acceptors (Lipinski definition) is 5. The molecule has 0 aliphatic rings. The predicted molar refractivity (Wildman–Crippen MR) is 65.2 cm³/mol. The lowest BCUT2D eigenvalue weighted by Gasteiger charge is -2.20. The molecule has 0 amide bonds. The van der Waals surface area contributed by atoms with Crippen LogP contribution in [-0.2, 0) is 0 Å². The summed E-state index contributed by atoms with van der Waals surface area (Å²) in [5, 5.41) is 10.4. The molecule has 0 atom stereocenters. The SMILES string of the molecule is CCN(CCCN)c1ccc2n[nH]c(=O)n2n1. The quantitative estimate of drug-likeness (QED) is 0.736. The minimum absolute atomic E-state index is 0.322. The first-order valence-corrected chi connectivity index (χ1v) is 5.65. The number of nitrogens with zero attached hydrogens (tertiary/aromatic N) is 4. The molecular formula is C10H16N6O. The predicted octanol–water partition coefficient (Wildman–Crippen LogP) is -0.407. The molecule has 0 fully saturated rings. The van der Waals surface area contributed by atoms with E-state index in [1.807, 2.05) is 13.0 Å². The zero-order valence-electron chi connectivity index (χ0n) is 9.76. The van der Waals surface area contributed by atoms with E-state index in [4.69, 9.17) is 5.73 Å². The largest absolute Gasteiger partial charge is 0.364 e. The summed E-state index contributed by atoms with van der Waals surface area (Å²) >= 11 is 0. The second-order valence-electron chi connectivity index (χ2n) is 3.71. The molecule has 17 heavy (non-hydrogen) atoms. The van der Waals surface area contributed by atoms with Crippen molar-refractivity contribution in [3.8, 4) is 0 Å². The van der Waals surface area contributed by atoms with Crippen LogP contribution in [0.4, 0.5) is 5.82 Å². The van der Waals surface area contributed by atoms with E-state index in [0.717, 1.165) is 25.3 Å². The van der Waals surface area contributed by atoms with E-state index in [2.05, 4.69) is 20.2 Å². The van der Waals surface area contributed by atoms with Crippen LogP contribution in [-0.4, -0.2) is 39.4 Å². The summed E-state index contributed by atoms with van der Waals surface area (Å²) < 4.78 is 1.26. The fraction of sp³-hybridized carbons (Fsp3) is 0.500. The van der Waals surface area contributed by atoms with E-state index >= 15 is 0 Å². The number of hydrogen-bond donors (Lipinski definition) is 2. The number of rotatable bonds is 5. The van der Waals surface area contributed by atoms with Gasteiger partial charge in [-0.15, -0.1) is 5.10 Å². The highest BCUT2D eigenvalue weighted by atomic mass is 16.2. The third kappa shape index (κ3) is 2.28. The monoisotopic (exact) mass is 236 g/mol. The van der Waals surface area contributed by atoms with Crippen molar-refractivity contribution in [1.82, 2.24) is 19.8 Å². The van der Waals surface area contributed by atoms with Crippen LogP contribution < -0.4 is 16.3 Å². The summed E-state index contributed by atoms with van der Waals surface area (Å²) in [5.74, 6) is 0.761. The van der Waals surface area contributed by atoms with E-state index < -0.39 is 0 Å². The summed E-state index contributed by atoms with van der Waals surface area (Å²) in [6.07, 6.45) is 0.897. The highest BCUT2D eigenvalue weighted by Crippen LogP contribution is 2.10. The van der Waals surface area contributed by atoms with Crippen molar-refractivity contribution < 1.29 is 0 Å². The van der Waals surface area contributed by atoms with Crippen LogP contribution in [0.5, 0.6) is 0 Å². The van der Waals surface area contributed by atoms with Gasteiger partial charge in [-0.25, -0.2) is 9.89 Å². The van der Waals surface area contributed by atoms with Gasteiger partial charge in [0.2, 0.25) is 0 Å². The number of nitrogens with one attached hydrogen (secondary N) is 1. The lowest BCUT2D eigenvalue weighted by molar-refractivity contribution is 0.728. The van der Waals surface area contributed by atoms with E-state index in [9.17, 15) is 4.79 Å². The Morgan fingerprint density at radius 1 is 1.53 bits per heavy atom. The molecule has 0 bridgehead atoms. The fourth-order valence-electron chi connectivity index (χ4n) is 1.68. The summed E-state index contributed by atoms with van der Waals surface area (Å²) in [4.78, 5) is 13.5. The van der Waals surface area contributed by atoms with Crippen LogP contribution in [0, 0.1) is 0 Å². The molecule has 0 spiro atoms. The van der Waals surface area contributed by atoms with E-state index in [1.165, 1.54) is 4.52 Å². The first-order valence-electron chi connectivity index (χ1n) is 5.65. The van der Waals surface area contributed by atoms with Crippen LogP contribution in [0.1, 0.15) is 13.3 Å². The fourth-order valence-corrected chi connectivity index (χ4v) is 1.68.